The van der Waals surface area contributed by atoms with Crippen LogP contribution in [0.1, 0.15) is 94.9 Å². The van der Waals surface area contributed by atoms with Gasteiger partial charge < -0.3 is 5.32 Å². The highest BCUT2D eigenvalue weighted by atomic mass is 32.2. The van der Waals surface area contributed by atoms with Crippen LogP contribution in [0.4, 0.5) is 11.4 Å². The number of hydrogen-bond donors (Lipinski definition) is 1. The van der Waals surface area contributed by atoms with Gasteiger partial charge in [0.05, 0.1) is 12.0 Å². The highest BCUT2D eigenvalue weighted by Gasteiger charge is 2.25. The van der Waals surface area contributed by atoms with E-state index in [0.29, 0.717) is 19.5 Å². The van der Waals surface area contributed by atoms with Crippen molar-refractivity contribution >= 4 is 32.8 Å². The Labute approximate surface area is 248 Å². The summed E-state index contributed by atoms with van der Waals surface area (Å²) in [5.41, 5.74) is 13.4. The maximum Gasteiger partial charge on any atom is 0.211 e. The van der Waals surface area contributed by atoms with Gasteiger partial charge in [-0.25, -0.2) is 8.42 Å². The topological polar surface area (TPSA) is 61.8 Å². The molecular formula is C35H47N3O2S. The van der Waals surface area contributed by atoms with Crippen molar-refractivity contribution in [2.45, 2.75) is 92.5 Å². The molecule has 6 heteroatoms. The fourth-order valence-electron chi connectivity index (χ4n) is 5.87. The zero-order valence-electron chi connectivity index (χ0n) is 25.8. The molecule has 1 N–H and O–H groups in total. The molecule has 0 saturated carbocycles. The molecule has 0 bridgehead atoms. The molecule has 41 heavy (non-hydrogen) atoms. The van der Waals surface area contributed by atoms with Gasteiger partial charge in [-0.1, -0.05) is 63.1 Å². The number of nitrogens with zero attached hydrogens (tertiary/aromatic N) is 2. The fraction of sp³-hybridized carbons (Fsp3) is 0.457. The molecule has 2 aromatic carbocycles. The summed E-state index contributed by atoms with van der Waals surface area (Å²) in [6.45, 7) is 12.0. The third-order valence-electron chi connectivity index (χ3n) is 8.48. The van der Waals surface area contributed by atoms with E-state index in [1.54, 1.807) is 4.31 Å². The van der Waals surface area contributed by atoms with Crippen molar-refractivity contribution in [1.82, 2.24) is 4.31 Å². The Kier molecular flexibility index (Phi) is 10.4. The van der Waals surface area contributed by atoms with Crippen LogP contribution in [0, 0.1) is 6.92 Å². The van der Waals surface area contributed by atoms with Gasteiger partial charge in [0.2, 0.25) is 10.0 Å². The van der Waals surface area contributed by atoms with E-state index in [2.05, 4.69) is 76.4 Å². The largest absolute Gasteiger partial charge is 0.355 e. The number of allylic oxidation sites excluding steroid dienone is 5. The van der Waals surface area contributed by atoms with E-state index in [1.165, 1.54) is 45.4 Å². The van der Waals surface area contributed by atoms with Gasteiger partial charge in [-0.3, -0.25) is 4.99 Å². The first-order valence-corrected chi connectivity index (χ1v) is 17.1. The number of rotatable bonds is 11. The smallest absolute Gasteiger partial charge is 0.211 e. The number of nitrogens with one attached hydrogen (secondary N) is 1. The van der Waals surface area contributed by atoms with Gasteiger partial charge in [0.1, 0.15) is 0 Å². The summed E-state index contributed by atoms with van der Waals surface area (Å²) < 4.78 is 25.8. The molecule has 0 saturated heterocycles. The maximum absolute atomic E-state index is 12.1. The molecular weight excluding hydrogens is 526 g/mol. The van der Waals surface area contributed by atoms with Gasteiger partial charge in [-0.2, -0.15) is 4.31 Å². The molecule has 0 spiro atoms. The number of anilines is 2. The average molecular weight is 574 g/mol. The van der Waals surface area contributed by atoms with Crippen LogP contribution in [0.5, 0.6) is 0 Å². The van der Waals surface area contributed by atoms with Crippen LogP contribution in [0.25, 0.3) is 5.70 Å². The molecule has 0 aliphatic carbocycles. The molecule has 0 fully saturated rings. The fourth-order valence-corrected chi connectivity index (χ4v) is 6.66. The number of fused-ring (bicyclic) bond motifs is 1. The molecule has 4 rings (SSSR count). The lowest BCUT2D eigenvalue weighted by atomic mass is 9.88. The number of aryl methyl sites for hydroxylation is 1. The summed E-state index contributed by atoms with van der Waals surface area (Å²) in [4.78, 5) is 5.40. The zero-order valence-corrected chi connectivity index (χ0v) is 26.6. The number of benzene rings is 2. The van der Waals surface area contributed by atoms with E-state index in [9.17, 15) is 8.42 Å². The first kappa shape index (κ1) is 31.0. The predicted octanol–water partition coefficient (Wildman–Crippen LogP) is 8.89. The van der Waals surface area contributed by atoms with Crippen molar-refractivity contribution in [2.75, 3.05) is 18.1 Å². The number of hydrogen-bond acceptors (Lipinski definition) is 4. The molecule has 2 aromatic rings. The van der Waals surface area contributed by atoms with Gasteiger partial charge in [0, 0.05) is 35.7 Å². The van der Waals surface area contributed by atoms with Crippen LogP contribution in [-0.4, -0.2) is 31.2 Å². The number of sulfonamides is 1. The van der Waals surface area contributed by atoms with Crippen LogP contribution in [0.2, 0.25) is 0 Å². The lowest BCUT2D eigenvalue weighted by molar-refractivity contribution is 0.395. The third kappa shape index (κ3) is 7.47. The zero-order chi connectivity index (χ0) is 29.6. The van der Waals surface area contributed by atoms with Crippen LogP contribution in [0.3, 0.4) is 0 Å². The van der Waals surface area contributed by atoms with Gasteiger partial charge in [0.15, 0.2) is 0 Å². The minimum Gasteiger partial charge on any atom is -0.355 e. The van der Waals surface area contributed by atoms with Crippen molar-refractivity contribution in [2.24, 2.45) is 4.99 Å². The van der Waals surface area contributed by atoms with E-state index in [1.807, 2.05) is 12.1 Å². The van der Waals surface area contributed by atoms with Crippen LogP contribution in [0.15, 0.2) is 70.3 Å². The Bertz CT molecular complexity index is 1500. The van der Waals surface area contributed by atoms with Crippen molar-refractivity contribution in [3.63, 3.8) is 0 Å². The lowest BCUT2D eigenvalue weighted by Crippen LogP contribution is -2.35. The highest BCUT2D eigenvalue weighted by molar-refractivity contribution is 7.88. The Morgan fingerprint density at radius 2 is 1.95 bits per heavy atom. The van der Waals surface area contributed by atoms with E-state index < -0.39 is 10.0 Å². The van der Waals surface area contributed by atoms with E-state index in [-0.39, 0.29) is 0 Å². The molecule has 2 aliphatic rings. The molecule has 220 valence electrons. The number of aliphatic imine (C=N–C) groups is 1. The highest BCUT2D eigenvalue weighted by Crippen LogP contribution is 2.37. The second-order valence-corrected chi connectivity index (χ2v) is 13.3. The second-order valence-electron chi connectivity index (χ2n) is 11.3. The van der Waals surface area contributed by atoms with Crippen molar-refractivity contribution < 1.29 is 8.42 Å². The third-order valence-corrected chi connectivity index (χ3v) is 9.73. The SMILES string of the molecule is CC=C(CC)CCC1=NC(c2cc(Nc3cccc4c3CCN(S(C)(=O)=O)C4)ccc2C)=C(CC)C/C1=C\CCC. The van der Waals surface area contributed by atoms with Crippen molar-refractivity contribution in [1.29, 1.82) is 0 Å². The standard InChI is InChI=1S/C35H47N3O2S/c1-7-11-13-28-22-27(10-4)35(37-33(28)19-17-26(8-2)9-3)32-23-30(18-16-25(32)5)36-34-15-12-14-29-24-38(41(6,39)40)21-20-31(29)34/h8,12-16,18,23,36H,7,9-11,17,19-22,24H2,1-6H3/b26-8?,28-13+. The van der Waals surface area contributed by atoms with E-state index in [4.69, 9.17) is 4.99 Å². The molecule has 0 atom stereocenters. The van der Waals surface area contributed by atoms with E-state index >= 15 is 0 Å². The van der Waals surface area contributed by atoms with Crippen molar-refractivity contribution in [3.8, 4) is 0 Å². The summed E-state index contributed by atoms with van der Waals surface area (Å²) in [5.74, 6) is 0. The van der Waals surface area contributed by atoms with Crippen molar-refractivity contribution in [3.05, 3.63) is 87.5 Å². The molecule has 5 nitrogen and oxygen atoms in total. The molecule has 2 heterocycles. The normalized spacial score (nSPS) is 17.6. The van der Waals surface area contributed by atoms with Crippen LogP contribution >= 0.6 is 0 Å². The summed E-state index contributed by atoms with van der Waals surface area (Å²) in [6, 6.07) is 12.7. The Morgan fingerprint density at radius 1 is 1.15 bits per heavy atom. The predicted molar refractivity (Wildman–Crippen MR) is 175 cm³/mol. The minimum atomic E-state index is -3.21. The molecule has 2 aliphatic heterocycles. The summed E-state index contributed by atoms with van der Waals surface area (Å²) in [5, 5.41) is 3.67. The van der Waals surface area contributed by atoms with Gasteiger partial charge >= 0.3 is 0 Å². The van der Waals surface area contributed by atoms with Gasteiger partial charge in [0.25, 0.3) is 0 Å². The first-order chi connectivity index (χ1) is 19.7. The maximum atomic E-state index is 12.1. The lowest BCUT2D eigenvalue weighted by Gasteiger charge is -2.28. The minimum absolute atomic E-state index is 0.425. The Morgan fingerprint density at radius 3 is 2.63 bits per heavy atom. The van der Waals surface area contributed by atoms with Crippen LogP contribution in [-0.2, 0) is 23.0 Å². The van der Waals surface area contributed by atoms with Crippen LogP contribution < -0.4 is 5.32 Å². The summed E-state index contributed by atoms with van der Waals surface area (Å²) in [6.07, 6.45) is 14.0. The second kappa shape index (κ2) is 13.8. The summed E-state index contributed by atoms with van der Waals surface area (Å²) in [7, 11) is -3.21. The molecule has 0 unspecified atom stereocenters. The molecule has 0 aromatic heterocycles. The molecule has 0 amide bonds. The number of unbranched alkanes of at least 4 members (excludes halogenated alkanes) is 1. The van der Waals surface area contributed by atoms with Gasteiger partial charge in [-0.05, 0) is 105 Å². The monoisotopic (exact) mass is 573 g/mol. The van der Waals surface area contributed by atoms with Gasteiger partial charge in [-0.15, -0.1) is 0 Å². The average Bonchev–Trinajstić information content (AvgIpc) is 2.97. The Hall–Kier alpha value is -2.96. The summed E-state index contributed by atoms with van der Waals surface area (Å²) >= 11 is 0. The first-order valence-electron chi connectivity index (χ1n) is 15.2. The quantitative estimate of drug-likeness (QED) is 0.273. The van der Waals surface area contributed by atoms with E-state index in [0.717, 1.165) is 67.6 Å². The molecule has 0 radical (unpaired) electrons. The Balaban J connectivity index is 1.68.